The van der Waals surface area contributed by atoms with Crippen molar-refractivity contribution in [3.8, 4) is 0 Å². The van der Waals surface area contributed by atoms with Crippen LogP contribution in [0, 0.1) is 12.8 Å². The van der Waals surface area contributed by atoms with E-state index >= 15 is 0 Å². The molecule has 0 fully saturated rings. The highest BCUT2D eigenvalue weighted by atomic mass is 16.1. The van der Waals surface area contributed by atoms with Gasteiger partial charge < -0.3 is 9.13 Å². The lowest BCUT2D eigenvalue weighted by Crippen LogP contribution is -2.27. The highest BCUT2D eigenvalue weighted by Gasteiger charge is 2.32. The average molecular weight is 297 g/mol. The number of Topliss-reactive ketones (excluding diaryl/α,β-unsaturated/α-hetero) is 1. The summed E-state index contributed by atoms with van der Waals surface area (Å²) in [7, 11) is 0. The van der Waals surface area contributed by atoms with E-state index in [0.717, 1.165) is 11.2 Å². The van der Waals surface area contributed by atoms with Crippen molar-refractivity contribution in [3.05, 3.63) is 53.7 Å². The molecule has 1 unspecified atom stereocenters. The molecule has 0 aliphatic heterocycles. The summed E-state index contributed by atoms with van der Waals surface area (Å²) in [6.07, 6.45) is 4.85. The van der Waals surface area contributed by atoms with Gasteiger partial charge in [0.2, 0.25) is 0 Å². The molecule has 4 heteroatoms. The number of aryl methyl sites for hydroxylation is 2. The van der Waals surface area contributed by atoms with Gasteiger partial charge in [-0.15, -0.1) is 0 Å². The minimum Gasteiger partial charge on any atom is -0.347 e. The molecule has 112 valence electrons. The summed E-state index contributed by atoms with van der Waals surface area (Å²) in [5.41, 5.74) is 1.84. The number of nitrogens with zero attached hydrogens (tertiary/aromatic N) is 3. The first kappa shape index (κ1) is 10.4. The van der Waals surface area contributed by atoms with Crippen LogP contribution >= 0.6 is 0 Å². The molecule has 4 nitrogen and oxygen atoms in total. The monoisotopic (exact) mass is 297 g/mol. The van der Waals surface area contributed by atoms with Gasteiger partial charge in [0.25, 0.3) is 0 Å². The van der Waals surface area contributed by atoms with Crippen LogP contribution in [0.4, 0.5) is 0 Å². The Hall–Kier alpha value is -2.36. The van der Waals surface area contributed by atoms with Gasteiger partial charge in [-0.25, -0.2) is 4.98 Å². The average Bonchev–Trinajstić information content (AvgIpc) is 3.11. The smallest absolute Gasteiger partial charge is 0.170 e. The van der Waals surface area contributed by atoms with Crippen molar-refractivity contribution in [1.82, 2.24) is 14.1 Å². The molecule has 0 radical (unpaired) electrons. The van der Waals surface area contributed by atoms with Gasteiger partial charge in [-0.1, -0.05) is 18.2 Å². The predicted molar refractivity (Wildman–Crippen MR) is 86.0 cm³/mol. The molecule has 0 N–H and O–H groups in total. The van der Waals surface area contributed by atoms with Gasteiger partial charge in [0, 0.05) is 58.1 Å². The van der Waals surface area contributed by atoms with Gasteiger partial charge in [0.15, 0.2) is 5.78 Å². The van der Waals surface area contributed by atoms with Crippen molar-refractivity contribution in [1.29, 1.82) is 0 Å². The van der Waals surface area contributed by atoms with Gasteiger partial charge in [-0.2, -0.15) is 0 Å². The van der Waals surface area contributed by atoms with Crippen molar-refractivity contribution in [2.24, 2.45) is 12.9 Å². The highest BCUT2D eigenvalue weighted by molar-refractivity contribution is 6.11. The van der Waals surface area contributed by atoms with Crippen LogP contribution in [0.2, 0.25) is 0 Å². The molecule has 1 aliphatic carbocycles. The zero-order chi connectivity index (χ0) is 17.8. The standard InChI is InChI=1S/C18H19N3O/c1-12-19-9-10-21(12)11-13-7-8-16-17(18(13)22)14-5-3-4-6-15(14)20(16)2/h3-6,9-10,13H,7-8,11H2,1-2H3/i2+1D3. The molecule has 0 saturated heterocycles. The molecule has 3 aromatic rings. The summed E-state index contributed by atoms with van der Waals surface area (Å²) in [6.45, 7) is 0.206. The van der Waals surface area contributed by atoms with Crippen molar-refractivity contribution >= 4 is 16.7 Å². The number of carbonyl (C=O) groups excluding carboxylic acids is 1. The first-order valence-corrected chi connectivity index (χ1v) is 7.52. The Morgan fingerprint density at radius 1 is 1.41 bits per heavy atom. The lowest BCUT2D eigenvalue weighted by Gasteiger charge is -2.23. The molecule has 22 heavy (non-hydrogen) atoms. The van der Waals surface area contributed by atoms with Crippen LogP contribution in [0.15, 0.2) is 36.7 Å². The fourth-order valence-electron chi connectivity index (χ4n) is 3.46. The third-order valence-electron chi connectivity index (χ3n) is 4.66. The molecule has 1 aliphatic rings. The minimum atomic E-state index is -2.29. The van der Waals surface area contributed by atoms with E-state index in [-0.39, 0.29) is 11.7 Å². The zero-order valence-corrected chi connectivity index (χ0v) is 12.4. The van der Waals surface area contributed by atoms with Crippen LogP contribution in [0.3, 0.4) is 0 Å². The van der Waals surface area contributed by atoms with Crippen molar-refractivity contribution in [3.63, 3.8) is 0 Å². The van der Waals surface area contributed by atoms with Crippen LogP contribution in [-0.2, 0) is 19.9 Å². The number of benzene rings is 1. The number of hydrogen-bond donors (Lipinski definition) is 0. The van der Waals surface area contributed by atoms with E-state index in [9.17, 15) is 4.79 Å². The van der Waals surface area contributed by atoms with Crippen molar-refractivity contribution < 1.29 is 8.91 Å². The normalized spacial score (nSPS) is 20.5. The Kier molecular flexibility index (Phi) is 2.28. The highest BCUT2D eigenvalue weighted by Crippen LogP contribution is 2.34. The van der Waals surface area contributed by atoms with E-state index in [0.29, 0.717) is 36.2 Å². The van der Waals surface area contributed by atoms with Gasteiger partial charge in [0.05, 0.1) is 0 Å². The van der Waals surface area contributed by atoms with Crippen LogP contribution in [0.25, 0.3) is 10.9 Å². The number of imidazole rings is 1. The summed E-state index contributed by atoms with van der Waals surface area (Å²) in [4.78, 5) is 17.4. The zero-order valence-electron chi connectivity index (χ0n) is 15.4. The quantitative estimate of drug-likeness (QED) is 0.682. The Bertz CT molecular complexity index is 968. The topological polar surface area (TPSA) is 39.8 Å². The summed E-state index contributed by atoms with van der Waals surface area (Å²) in [5.74, 6) is 0.758. The number of para-hydroxylation sites is 1. The molecule has 0 saturated carbocycles. The van der Waals surface area contributed by atoms with Gasteiger partial charge >= 0.3 is 0 Å². The first-order chi connectivity index (χ1) is 11.9. The molecule has 2 aromatic heterocycles. The van der Waals surface area contributed by atoms with E-state index in [1.54, 1.807) is 12.3 Å². The fraction of sp³-hybridized carbons (Fsp3) is 0.333. The number of rotatable bonds is 2. The molecule has 0 spiro atoms. The first-order valence-electron chi connectivity index (χ1n) is 9.02. The molecule has 1 atom stereocenters. The maximum absolute atomic E-state index is 13.2. The largest absolute Gasteiger partial charge is 0.347 e. The molecular formula is C18H19N3O. The lowest BCUT2D eigenvalue weighted by molar-refractivity contribution is 0.0888. The summed E-state index contributed by atoms with van der Waals surface area (Å²) >= 11 is 0. The van der Waals surface area contributed by atoms with Gasteiger partial charge in [-0.05, 0) is 25.8 Å². The van der Waals surface area contributed by atoms with E-state index < -0.39 is 6.98 Å². The third-order valence-corrected chi connectivity index (χ3v) is 4.66. The Labute approximate surface area is 133 Å². The summed E-state index contributed by atoms with van der Waals surface area (Å²) in [6, 6.07) is 7.29. The van der Waals surface area contributed by atoms with E-state index in [4.69, 9.17) is 4.11 Å². The van der Waals surface area contributed by atoms with Crippen LogP contribution in [-0.4, -0.2) is 19.9 Å². The Morgan fingerprint density at radius 2 is 2.27 bits per heavy atom. The molecule has 1 aromatic carbocycles. The van der Waals surface area contributed by atoms with Crippen molar-refractivity contribution in [2.45, 2.75) is 26.3 Å². The predicted octanol–water partition coefficient (Wildman–Crippen LogP) is 3.13. The van der Waals surface area contributed by atoms with Gasteiger partial charge in [-0.3, -0.25) is 4.79 Å². The second-order valence-corrected chi connectivity index (χ2v) is 5.90. The number of aromatic nitrogens is 3. The van der Waals surface area contributed by atoms with Gasteiger partial charge in [0.1, 0.15) is 5.82 Å². The van der Waals surface area contributed by atoms with E-state index in [2.05, 4.69) is 4.98 Å². The number of hydrogen-bond acceptors (Lipinski definition) is 2. The van der Waals surface area contributed by atoms with E-state index in [1.165, 1.54) is 4.57 Å². The Balaban J connectivity index is 1.83. The minimum absolute atomic E-state index is 0.0357. The van der Waals surface area contributed by atoms with E-state index in [1.807, 2.05) is 35.9 Å². The molecule has 2 heterocycles. The third kappa shape index (κ3) is 1.83. The molecule has 0 bridgehead atoms. The number of fused-ring (bicyclic) bond motifs is 3. The molecule has 0 amide bonds. The van der Waals surface area contributed by atoms with Crippen LogP contribution < -0.4 is 0 Å². The Morgan fingerprint density at radius 3 is 3.05 bits per heavy atom. The number of carbonyl (C=O) groups is 1. The molecule has 4 rings (SSSR count). The second-order valence-electron chi connectivity index (χ2n) is 5.90. The summed E-state index contributed by atoms with van der Waals surface area (Å²) < 4.78 is 27.0. The molecular weight excluding hydrogens is 275 g/mol. The van der Waals surface area contributed by atoms with Crippen molar-refractivity contribution in [2.75, 3.05) is 0 Å². The maximum Gasteiger partial charge on any atom is 0.170 e. The summed E-state index contributed by atoms with van der Waals surface area (Å²) in [5, 5.41) is 0.741. The lowest BCUT2D eigenvalue weighted by atomic mass is 9.85. The SMILES string of the molecule is [2H][13C]([2H])([2H])n1c2c(c3ccccc31)C(=O)C(Cn1ccnc1C)CC2. The fourth-order valence-corrected chi connectivity index (χ4v) is 3.46. The van der Waals surface area contributed by atoms with Crippen LogP contribution in [0.5, 0.6) is 0 Å². The second kappa shape index (κ2) is 4.83. The maximum atomic E-state index is 13.2. The number of ketones is 1. The van der Waals surface area contributed by atoms with Crippen LogP contribution in [0.1, 0.15) is 32.4 Å².